The van der Waals surface area contributed by atoms with Crippen LogP contribution in [0.1, 0.15) is 5.56 Å². The molecule has 2 heterocycles. The van der Waals surface area contributed by atoms with Gasteiger partial charge in [0.2, 0.25) is 10.0 Å². The Bertz CT molecular complexity index is 819. The zero-order chi connectivity index (χ0) is 17.9. The highest BCUT2D eigenvalue weighted by Gasteiger charge is 2.18. The molecular formula is C17H21FN4O2S. The lowest BCUT2D eigenvalue weighted by Crippen LogP contribution is -2.46. The number of halogens is 1. The first-order chi connectivity index (χ1) is 11.9. The van der Waals surface area contributed by atoms with Crippen LogP contribution in [0.15, 0.2) is 42.6 Å². The molecule has 0 unspecified atom stereocenters. The van der Waals surface area contributed by atoms with Crippen LogP contribution < -0.4 is 14.5 Å². The molecule has 0 spiro atoms. The lowest BCUT2D eigenvalue weighted by Gasteiger charge is -2.36. The molecule has 1 aliphatic heterocycles. The van der Waals surface area contributed by atoms with Gasteiger partial charge in [-0.25, -0.2) is 22.5 Å². The van der Waals surface area contributed by atoms with Crippen molar-refractivity contribution in [1.82, 2.24) is 9.71 Å². The third-order valence-electron chi connectivity index (χ3n) is 4.14. The molecule has 1 saturated heterocycles. The summed E-state index contributed by atoms with van der Waals surface area (Å²) < 4.78 is 38.0. The van der Waals surface area contributed by atoms with E-state index >= 15 is 0 Å². The first kappa shape index (κ1) is 17.6. The van der Waals surface area contributed by atoms with Gasteiger partial charge in [-0.1, -0.05) is 0 Å². The second-order valence-corrected chi connectivity index (χ2v) is 7.90. The molecule has 0 atom stereocenters. The van der Waals surface area contributed by atoms with Gasteiger partial charge in [0.05, 0.1) is 6.26 Å². The van der Waals surface area contributed by atoms with E-state index in [-0.39, 0.29) is 12.4 Å². The summed E-state index contributed by atoms with van der Waals surface area (Å²) >= 11 is 0. The third kappa shape index (κ3) is 4.90. The summed E-state index contributed by atoms with van der Waals surface area (Å²) in [4.78, 5) is 8.78. The number of piperazine rings is 1. The maximum Gasteiger partial charge on any atom is 0.209 e. The summed E-state index contributed by atoms with van der Waals surface area (Å²) in [5, 5.41) is 0. The maximum atomic E-state index is 13.0. The fraction of sp³-hybridized carbons (Fsp3) is 0.353. The Labute approximate surface area is 147 Å². The van der Waals surface area contributed by atoms with E-state index in [0.29, 0.717) is 0 Å². The number of hydrogen-bond donors (Lipinski definition) is 1. The molecule has 8 heteroatoms. The summed E-state index contributed by atoms with van der Waals surface area (Å²) in [7, 11) is -3.22. The lowest BCUT2D eigenvalue weighted by atomic mass is 10.2. The average molecular weight is 364 g/mol. The number of sulfonamides is 1. The van der Waals surface area contributed by atoms with Gasteiger partial charge in [-0.3, -0.25) is 0 Å². The Kier molecular flexibility index (Phi) is 5.19. The number of rotatable bonds is 5. The van der Waals surface area contributed by atoms with Crippen LogP contribution in [0, 0.1) is 5.82 Å². The van der Waals surface area contributed by atoms with Crippen molar-refractivity contribution < 1.29 is 12.8 Å². The van der Waals surface area contributed by atoms with E-state index < -0.39 is 10.0 Å². The molecule has 1 aromatic heterocycles. The van der Waals surface area contributed by atoms with E-state index in [9.17, 15) is 12.8 Å². The fourth-order valence-corrected chi connectivity index (χ4v) is 3.23. The molecule has 134 valence electrons. The van der Waals surface area contributed by atoms with E-state index in [2.05, 4.69) is 19.5 Å². The second-order valence-electron chi connectivity index (χ2n) is 6.07. The van der Waals surface area contributed by atoms with Gasteiger partial charge in [0.15, 0.2) is 0 Å². The third-order valence-corrected chi connectivity index (χ3v) is 4.81. The van der Waals surface area contributed by atoms with Crippen LogP contribution in [0.5, 0.6) is 0 Å². The highest BCUT2D eigenvalue weighted by molar-refractivity contribution is 7.88. The summed E-state index contributed by atoms with van der Waals surface area (Å²) in [6, 6.07) is 10.2. The van der Waals surface area contributed by atoms with Gasteiger partial charge in [0, 0.05) is 44.6 Å². The molecule has 1 fully saturated rings. The molecule has 25 heavy (non-hydrogen) atoms. The molecular weight excluding hydrogens is 343 g/mol. The van der Waals surface area contributed by atoms with Gasteiger partial charge >= 0.3 is 0 Å². The molecule has 0 saturated carbocycles. The van der Waals surface area contributed by atoms with Crippen LogP contribution >= 0.6 is 0 Å². The van der Waals surface area contributed by atoms with Crippen molar-refractivity contribution in [2.45, 2.75) is 6.54 Å². The Balaban J connectivity index is 1.61. The number of nitrogens with zero attached hydrogens (tertiary/aromatic N) is 3. The van der Waals surface area contributed by atoms with Gasteiger partial charge in [0.25, 0.3) is 0 Å². The molecule has 0 aliphatic carbocycles. The van der Waals surface area contributed by atoms with Crippen molar-refractivity contribution in [3.63, 3.8) is 0 Å². The Morgan fingerprint density at radius 3 is 2.36 bits per heavy atom. The predicted molar refractivity (Wildman–Crippen MR) is 96.7 cm³/mol. The van der Waals surface area contributed by atoms with Crippen molar-refractivity contribution in [2.75, 3.05) is 42.2 Å². The van der Waals surface area contributed by atoms with Gasteiger partial charge in [-0.05, 0) is 42.0 Å². The van der Waals surface area contributed by atoms with Crippen molar-refractivity contribution in [1.29, 1.82) is 0 Å². The number of benzene rings is 1. The molecule has 0 bridgehead atoms. The topological polar surface area (TPSA) is 65.5 Å². The first-order valence-corrected chi connectivity index (χ1v) is 9.95. The van der Waals surface area contributed by atoms with Crippen molar-refractivity contribution in [2.24, 2.45) is 0 Å². The highest BCUT2D eigenvalue weighted by Crippen LogP contribution is 2.20. The molecule has 3 rings (SSSR count). The average Bonchev–Trinajstić information content (AvgIpc) is 2.61. The zero-order valence-electron chi connectivity index (χ0n) is 14.0. The smallest absolute Gasteiger partial charge is 0.209 e. The molecule has 2 aromatic rings. The standard InChI is InChI=1S/C17H21FN4O2S/c1-25(23,24)20-13-14-6-7-19-17(12-14)22-10-8-21(9-11-22)16-4-2-15(18)3-5-16/h2-7,12,20H,8-11,13H2,1H3. The van der Waals surface area contributed by atoms with Gasteiger partial charge in [-0.15, -0.1) is 0 Å². The van der Waals surface area contributed by atoms with Gasteiger partial charge < -0.3 is 9.80 Å². The second kappa shape index (κ2) is 7.37. The minimum absolute atomic E-state index is 0.230. The molecule has 6 nitrogen and oxygen atoms in total. The minimum atomic E-state index is -3.22. The molecule has 1 N–H and O–H groups in total. The monoisotopic (exact) mass is 364 g/mol. The van der Waals surface area contributed by atoms with E-state index in [4.69, 9.17) is 0 Å². The zero-order valence-corrected chi connectivity index (χ0v) is 14.8. The predicted octanol–water partition coefficient (Wildman–Crippen LogP) is 1.60. The maximum absolute atomic E-state index is 13.0. The fourth-order valence-electron chi connectivity index (χ4n) is 2.80. The van der Waals surface area contributed by atoms with E-state index in [1.165, 1.54) is 12.1 Å². The normalized spacial score (nSPS) is 15.4. The Morgan fingerprint density at radius 2 is 1.72 bits per heavy atom. The number of pyridine rings is 1. The lowest BCUT2D eigenvalue weighted by molar-refractivity contribution is 0.587. The van der Waals surface area contributed by atoms with Crippen LogP contribution in [0.3, 0.4) is 0 Å². The van der Waals surface area contributed by atoms with Crippen LogP contribution in [-0.4, -0.2) is 45.8 Å². The molecule has 0 amide bonds. The van der Waals surface area contributed by atoms with E-state index in [0.717, 1.165) is 49.5 Å². The van der Waals surface area contributed by atoms with Gasteiger partial charge in [-0.2, -0.15) is 0 Å². The first-order valence-electron chi connectivity index (χ1n) is 8.06. The van der Waals surface area contributed by atoms with Crippen LogP contribution in [0.2, 0.25) is 0 Å². The molecule has 1 aromatic carbocycles. The number of nitrogens with one attached hydrogen (secondary N) is 1. The quantitative estimate of drug-likeness (QED) is 0.873. The van der Waals surface area contributed by atoms with Crippen molar-refractivity contribution in [3.8, 4) is 0 Å². The number of hydrogen-bond acceptors (Lipinski definition) is 5. The van der Waals surface area contributed by atoms with E-state index in [1.54, 1.807) is 24.4 Å². The number of aromatic nitrogens is 1. The van der Waals surface area contributed by atoms with Crippen LogP contribution in [-0.2, 0) is 16.6 Å². The summed E-state index contributed by atoms with van der Waals surface area (Å²) in [6.07, 6.45) is 2.84. The summed E-state index contributed by atoms with van der Waals surface area (Å²) in [6.45, 7) is 3.49. The SMILES string of the molecule is CS(=O)(=O)NCc1ccnc(N2CCN(c3ccc(F)cc3)CC2)c1. The largest absolute Gasteiger partial charge is 0.368 e. The summed E-state index contributed by atoms with van der Waals surface area (Å²) in [5.41, 5.74) is 1.89. The van der Waals surface area contributed by atoms with Crippen LogP contribution in [0.4, 0.5) is 15.9 Å². The minimum Gasteiger partial charge on any atom is -0.368 e. The molecule has 1 aliphatic rings. The van der Waals surface area contributed by atoms with E-state index in [1.807, 2.05) is 6.07 Å². The van der Waals surface area contributed by atoms with Gasteiger partial charge in [0.1, 0.15) is 11.6 Å². The van der Waals surface area contributed by atoms with Crippen molar-refractivity contribution >= 4 is 21.5 Å². The number of anilines is 2. The molecule has 0 radical (unpaired) electrons. The summed E-state index contributed by atoms with van der Waals surface area (Å²) in [5.74, 6) is 0.609. The van der Waals surface area contributed by atoms with Crippen LogP contribution in [0.25, 0.3) is 0 Å². The highest BCUT2D eigenvalue weighted by atomic mass is 32.2. The van der Waals surface area contributed by atoms with Crippen molar-refractivity contribution in [3.05, 3.63) is 54.0 Å². The Morgan fingerprint density at radius 1 is 1.08 bits per heavy atom. The Hall–Kier alpha value is -2.19.